The van der Waals surface area contributed by atoms with E-state index in [1.165, 1.54) is 0 Å². The van der Waals surface area contributed by atoms with Gasteiger partial charge in [-0.25, -0.2) is 0 Å². The lowest BCUT2D eigenvalue weighted by atomic mass is 10.1. The molecular weight excluding hydrogens is 284 g/mol. The van der Waals surface area contributed by atoms with Gasteiger partial charge in [0.1, 0.15) is 17.5 Å². The van der Waals surface area contributed by atoms with Gasteiger partial charge in [-0.3, -0.25) is 9.97 Å². The van der Waals surface area contributed by atoms with E-state index < -0.39 is 6.10 Å². The van der Waals surface area contributed by atoms with Crippen LogP contribution in [0.3, 0.4) is 0 Å². The Hall–Kier alpha value is -1.46. The predicted molar refractivity (Wildman–Crippen MR) is 66.8 cm³/mol. The Balaban J connectivity index is 2.36. The van der Waals surface area contributed by atoms with Gasteiger partial charge in [0, 0.05) is 16.9 Å². The number of nitrogens with zero attached hydrogens (tertiary/aromatic N) is 2. The zero-order valence-corrected chi connectivity index (χ0v) is 10.8. The highest BCUT2D eigenvalue weighted by molar-refractivity contribution is 9.10. The lowest BCUT2D eigenvalue weighted by Gasteiger charge is -2.12. The minimum absolute atomic E-state index is 0.463. The molecule has 17 heavy (non-hydrogen) atoms. The molecule has 5 heteroatoms. The van der Waals surface area contributed by atoms with Crippen molar-refractivity contribution in [3.8, 4) is 5.75 Å². The average molecular weight is 295 g/mol. The van der Waals surface area contributed by atoms with Gasteiger partial charge in [0.05, 0.1) is 12.8 Å². The molecule has 0 aliphatic rings. The Morgan fingerprint density at radius 3 is 2.76 bits per heavy atom. The Kier molecular flexibility index (Phi) is 3.71. The lowest BCUT2D eigenvalue weighted by Crippen LogP contribution is -2.06. The summed E-state index contributed by atoms with van der Waals surface area (Å²) in [4.78, 5) is 8.26. The van der Waals surface area contributed by atoms with Gasteiger partial charge in [-0.05, 0) is 40.2 Å². The fourth-order valence-electron chi connectivity index (χ4n) is 1.47. The molecule has 0 aliphatic carbocycles. The van der Waals surface area contributed by atoms with Crippen molar-refractivity contribution in [2.75, 3.05) is 7.11 Å². The molecule has 0 amide bonds. The Bertz CT molecular complexity index is 502. The van der Waals surface area contributed by atoms with Gasteiger partial charge >= 0.3 is 0 Å². The molecule has 0 fully saturated rings. The molecule has 0 spiro atoms. The molecule has 88 valence electrons. The van der Waals surface area contributed by atoms with E-state index in [-0.39, 0.29) is 0 Å². The normalized spacial score (nSPS) is 12.2. The van der Waals surface area contributed by atoms with E-state index in [1.807, 2.05) is 6.07 Å². The van der Waals surface area contributed by atoms with E-state index >= 15 is 0 Å². The number of halogens is 1. The van der Waals surface area contributed by atoms with Crippen molar-refractivity contribution >= 4 is 15.9 Å². The van der Waals surface area contributed by atoms with Crippen LogP contribution in [0.15, 0.2) is 41.1 Å². The van der Waals surface area contributed by atoms with E-state index in [0.717, 1.165) is 4.47 Å². The van der Waals surface area contributed by atoms with Gasteiger partial charge in [0.15, 0.2) is 0 Å². The third-order valence-corrected chi connectivity index (χ3v) is 2.78. The van der Waals surface area contributed by atoms with Crippen molar-refractivity contribution in [1.29, 1.82) is 0 Å². The highest BCUT2D eigenvalue weighted by atomic mass is 79.9. The van der Waals surface area contributed by atoms with E-state index in [1.54, 1.807) is 37.7 Å². The molecule has 0 aliphatic heterocycles. The van der Waals surface area contributed by atoms with Gasteiger partial charge in [0.25, 0.3) is 0 Å². The molecule has 0 aromatic carbocycles. The molecule has 2 aromatic rings. The lowest BCUT2D eigenvalue weighted by molar-refractivity contribution is 0.204. The number of aliphatic hydroxyl groups is 1. The van der Waals surface area contributed by atoms with E-state index in [2.05, 4.69) is 25.9 Å². The average Bonchev–Trinajstić information content (AvgIpc) is 2.39. The molecule has 0 bridgehead atoms. The second-order valence-electron chi connectivity index (χ2n) is 3.39. The minimum Gasteiger partial charge on any atom is -0.495 e. The predicted octanol–water partition coefficient (Wildman–Crippen LogP) is 2.33. The van der Waals surface area contributed by atoms with Crippen LogP contribution in [0.5, 0.6) is 5.75 Å². The first-order valence-corrected chi connectivity index (χ1v) is 5.80. The molecule has 2 heterocycles. The van der Waals surface area contributed by atoms with Crippen molar-refractivity contribution in [2.24, 2.45) is 0 Å². The molecule has 1 N–H and O–H groups in total. The zero-order chi connectivity index (χ0) is 12.3. The fraction of sp³-hybridized carbons (Fsp3) is 0.167. The maximum atomic E-state index is 10.2. The zero-order valence-electron chi connectivity index (χ0n) is 9.17. The maximum absolute atomic E-state index is 10.2. The first-order chi connectivity index (χ1) is 8.22. The molecule has 0 radical (unpaired) electrons. The van der Waals surface area contributed by atoms with Crippen molar-refractivity contribution < 1.29 is 9.84 Å². The summed E-state index contributed by atoms with van der Waals surface area (Å²) in [7, 11) is 1.54. The monoisotopic (exact) mass is 294 g/mol. The largest absolute Gasteiger partial charge is 0.495 e. The van der Waals surface area contributed by atoms with Crippen LogP contribution in [0.4, 0.5) is 0 Å². The number of aliphatic hydroxyl groups excluding tert-OH is 1. The van der Waals surface area contributed by atoms with Crippen LogP contribution in [0.2, 0.25) is 0 Å². The molecule has 0 saturated heterocycles. The van der Waals surface area contributed by atoms with Crippen LogP contribution in [0.25, 0.3) is 0 Å². The summed E-state index contributed by atoms with van der Waals surface area (Å²) >= 11 is 3.29. The summed E-state index contributed by atoms with van der Waals surface area (Å²) in [5.74, 6) is 0.546. The van der Waals surface area contributed by atoms with Gasteiger partial charge in [-0.2, -0.15) is 0 Å². The standard InChI is InChI=1S/C12H11BrN2O2/c1-17-10-3-2-6-14-11(10)12(16)9-5-4-8(13)7-15-9/h2-7,12,16H,1H3. The van der Waals surface area contributed by atoms with E-state index in [0.29, 0.717) is 17.1 Å². The van der Waals surface area contributed by atoms with E-state index in [4.69, 9.17) is 4.74 Å². The van der Waals surface area contributed by atoms with Crippen LogP contribution in [-0.4, -0.2) is 22.2 Å². The van der Waals surface area contributed by atoms with Crippen LogP contribution in [0.1, 0.15) is 17.5 Å². The summed E-state index contributed by atoms with van der Waals surface area (Å²) in [6.45, 7) is 0. The van der Waals surface area contributed by atoms with Gasteiger partial charge < -0.3 is 9.84 Å². The van der Waals surface area contributed by atoms with Gasteiger partial charge in [-0.1, -0.05) is 0 Å². The highest BCUT2D eigenvalue weighted by Gasteiger charge is 2.17. The number of methoxy groups -OCH3 is 1. The van der Waals surface area contributed by atoms with Crippen molar-refractivity contribution in [3.63, 3.8) is 0 Å². The topological polar surface area (TPSA) is 55.2 Å². The quantitative estimate of drug-likeness (QED) is 0.944. The Morgan fingerprint density at radius 2 is 2.12 bits per heavy atom. The summed E-state index contributed by atoms with van der Waals surface area (Å²) in [6, 6.07) is 7.07. The molecule has 2 rings (SSSR count). The SMILES string of the molecule is COc1cccnc1C(O)c1ccc(Br)cn1. The van der Waals surface area contributed by atoms with Crippen LogP contribution < -0.4 is 4.74 Å². The fourth-order valence-corrected chi connectivity index (χ4v) is 1.70. The second-order valence-corrected chi connectivity index (χ2v) is 4.31. The summed E-state index contributed by atoms with van der Waals surface area (Å²) in [5, 5.41) is 10.2. The minimum atomic E-state index is -0.890. The number of aromatic nitrogens is 2. The van der Waals surface area contributed by atoms with Crippen molar-refractivity contribution in [2.45, 2.75) is 6.10 Å². The van der Waals surface area contributed by atoms with Crippen molar-refractivity contribution in [1.82, 2.24) is 9.97 Å². The van der Waals surface area contributed by atoms with Crippen LogP contribution in [0, 0.1) is 0 Å². The Morgan fingerprint density at radius 1 is 1.29 bits per heavy atom. The highest BCUT2D eigenvalue weighted by Crippen LogP contribution is 2.26. The van der Waals surface area contributed by atoms with Gasteiger partial charge in [0.2, 0.25) is 0 Å². The number of hydrogen-bond donors (Lipinski definition) is 1. The summed E-state index contributed by atoms with van der Waals surface area (Å²) in [6.07, 6.45) is 2.35. The molecule has 4 nitrogen and oxygen atoms in total. The molecular formula is C12H11BrN2O2. The number of rotatable bonds is 3. The van der Waals surface area contributed by atoms with Crippen LogP contribution in [-0.2, 0) is 0 Å². The first kappa shape index (κ1) is 12.0. The molecule has 1 atom stereocenters. The number of ether oxygens (including phenoxy) is 1. The third kappa shape index (κ3) is 2.62. The van der Waals surface area contributed by atoms with Gasteiger partial charge in [-0.15, -0.1) is 0 Å². The number of pyridine rings is 2. The molecule has 2 aromatic heterocycles. The third-order valence-electron chi connectivity index (χ3n) is 2.31. The van der Waals surface area contributed by atoms with Crippen molar-refractivity contribution in [3.05, 3.63) is 52.5 Å². The molecule has 0 saturated carbocycles. The molecule has 1 unspecified atom stereocenters. The number of hydrogen-bond acceptors (Lipinski definition) is 4. The summed E-state index contributed by atoms with van der Waals surface area (Å²) in [5.41, 5.74) is 0.995. The maximum Gasteiger partial charge on any atom is 0.143 e. The summed E-state index contributed by atoms with van der Waals surface area (Å²) < 4.78 is 6.01. The first-order valence-electron chi connectivity index (χ1n) is 5.01. The smallest absolute Gasteiger partial charge is 0.143 e. The van der Waals surface area contributed by atoms with E-state index in [9.17, 15) is 5.11 Å². The second kappa shape index (κ2) is 5.25. The Labute approximate surface area is 107 Å². The van der Waals surface area contributed by atoms with Crippen LogP contribution >= 0.6 is 15.9 Å².